The summed E-state index contributed by atoms with van der Waals surface area (Å²) in [6, 6.07) is 4.02. The maximum absolute atomic E-state index is 12.1. The quantitative estimate of drug-likeness (QED) is 0.860. The zero-order valence-electron chi connectivity index (χ0n) is 13.6. The van der Waals surface area contributed by atoms with Crippen molar-refractivity contribution < 1.29 is 9.90 Å². The maximum atomic E-state index is 12.1. The minimum atomic E-state index is -0.0436. The van der Waals surface area contributed by atoms with Gasteiger partial charge in [0.1, 0.15) is 5.82 Å². The molecule has 2 aliphatic heterocycles. The van der Waals surface area contributed by atoms with Gasteiger partial charge in [-0.25, -0.2) is 4.98 Å². The van der Waals surface area contributed by atoms with Crippen molar-refractivity contribution in [1.29, 1.82) is 0 Å². The molecule has 2 N–H and O–H groups in total. The molecule has 1 atom stereocenters. The van der Waals surface area contributed by atoms with Crippen LogP contribution in [0, 0.1) is 0 Å². The van der Waals surface area contributed by atoms with E-state index in [1.165, 1.54) is 19.3 Å². The molecular formula is C17H26N4O2. The van der Waals surface area contributed by atoms with Crippen LogP contribution in [0.3, 0.4) is 0 Å². The van der Waals surface area contributed by atoms with Gasteiger partial charge >= 0.3 is 0 Å². The summed E-state index contributed by atoms with van der Waals surface area (Å²) >= 11 is 0. The zero-order valence-corrected chi connectivity index (χ0v) is 13.6. The number of hydrogen-bond donors (Lipinski definition) is 2. The molecule has 0 aliphatic carbocycles. The van der Waals surface area contributed by atoms with E-state index < -0.39 is 0 Å². The molecule has 1 unspecified atom stereocenters. The topological polar surface area (TPSA) is 68.7 Å². The second kappa shape index (κ2) is 7.75. The highest BCUT2D eigenvalue weighted by molar-refractivity contribution is 5.92. The Morgan fingerprint density at radius 3 is 2.74 bits per heavy atom. The lowest BCUT2D eigenvalue weighted by Gasteiger charge is -2.27. The summed E-state index contributed by atoms with van der Waals surface area (Å²) in [5, 5.41) is 12.2. The predicted molar refractivity (Wildman–Crippen MR) is 90.6 cm³/mol. The van der Waals surface area contributed by atoms with Crippen LogP contribution in [-0.2, 0) is 4.79 Å². The lowest BCUT2D eigenvalue weighted by atomic mass is 10.1. The Labute approximate surface area is 137 Å². The van der Waals surface area contributed by atoms with Gasteiger partial charge in [-0.3, -0.25) is 9.69 Å². The van der Waals surface area contributed by atoms with Crippen LogP contribution in [0.2, 0.25) is 0 Å². The second-order valence-electron chi connectivity index (χ2n) is 6.45. The maximum Gasteiger partial charge on any atom is 0.238 e. The molecule has 6 nitrogen and oxygen atoms in total. The van der Waals surface area contributed by atoms with Gasteiger partial charge in [0.15, 0.2) is 0 Å². The van der Waals surface area contributed by atoms with Gasteiger partial charge < -0.3 is 15.3 Å². The number of aliphatic hydroxyl groups excluding tert-OH is 1. The van der Waals surface area contributed by atoms with E-state index in [1.54, 1.807) is 6.20 Å². The highest BCUT2D eigenvalue weighted by atomic mass is 16.3. The van der Waals surface area contributed by atoms with Gasteiger partial charge in [-0.05, 0) is 50.8 Å². The fourth-order valence-electron chi connectivity index (χ4n) is 3.47. The zero-order chi connectivity index (χ0) is 16.1. The molecule has 1 amide bonds. The number of aliphatic hydroxyl groups is 1. The number of rotatable bonds is 5. The smallest absolute Gasteiger partial charge is 0.238 e. The van der Waals surface area contributed by atoms with E-state index in [0.717, 1.165) is 44.0 Å². The van der Waals surface area contributed by atoms with Crippen LogP contribution in [0.15, 0.2) is 18.3 Å². The molecule has 6 heteroatoms. The van der Waals surface area contributed by atoms with E-state index >= 15 is 0 Å². The second-order valence-corrected chi connectivity index (χ2v) is 6.45. The average Bonchev–Trinajstić information content (AvgIpc) is 3.03. The SMILES string of the molecule is O=C(CN1CCCC1CO)Nc1ccc(N2CCCCC2)nc1. The Morgan fingerprint density at radius 2 is 2.04 bits per heavy atom. The van der Waals surface area contributed by atoms with E-state index in [4.69, 9.17) is 0 Å². The van der Waals surface area contributed by atoms with E-state index in [1.807, 2.05) is 17.0 Å². The molecule has 2 aliphatic rings. The third-order valence-electron chi connectivity index (χ3n) is 4.77. The van der Waals surface area contributed by atoms with Gasteiger partial charge in [-0.2, -0.15) is 0 Å². The number of aromatic nitrogens is 1. The number of nitrogens with one attached hydrogen (secondary N) is 1. The molecule has 0 radical (unpaired) electrons. The molecule has 3 rings (SSSR count). The minimum Gasteiger partial charge on any atom is -0.395 e. The van der Waals surface area contributed by atoms with Crippen LogP contribution in [0.4, 0.5) is 11.5 Å². The van der Waals surface area contributed by atoms with Crippen molar-refractivity contribution in [3.63, 3.8) is 0 Å². The highest BCUT2D eigenvalue weighted by Gasteiger charge is 2.25. The van der Waals surface area contributed by atoms with Gasteiger partial charge in [0.05, 0.1) is 25.0 Å². The van der Waals surface area contributed by atoms with Crippen molar-refractivity contribution in [2.24, 2.45) is 0 Å². The fraction of sp³-hybridized carbons (Fsp3) is 0.647. The standard InChI is InChI=1S/C17H26N4O2/c22-13-15-5-4-10-21(15)12-17(23)19-14-6-7-16(18-11-14)20-8-2-1-3-9-20/h6-7,11,15,22H,1-5,8-10,12-13H2,(H,19,23). The number of piperidine rings is 1. The molecule has 0 bridgehead atoms. The third-order valence-corrected chi connectivity index (χ3v) is 4.77. The Balaban J connectivity index is 1.52. The van der Waals surface area contributed by atoms with Crippen molar-refractivity contribution in [2.75, 3.05) is 43.0 Å². The van der Waals surface area contributed by atoms with Gasteiger partial charge in [0.25, 0.3) is 0 Å². The average molecular weight is 318 g/mol. The highest BCUT2D eigenvalue weighted by Crippen LogP contribution is 2.19. The molecule has 23 heavy (non-hydrogen) atoms. The first-order valence-corrected chi connectivity index (χ1v) is 8.62. The summed E-state index contributed by atoms with van der Waals surface area (Å²) < 4.78 is 0. The molecule has 126 valence electrons. The summed E-state index contributed by atoms with van der Waals surface area (Å²) in [6.45, 7) is 3.47. The summed E-state index contributed by atoms with van der Waals surface area (Å²) in [7, 11) is 0. The number of carbonyl (C=O) groups is 1. The number of anilines is 2. The van der Waals surface area contributed by atoms with Crippen LogP contribution in [0.25, 0.3) is 0 Å². The fourth-order valence-corrected chi connectivity index (χ4v) is 3.47. The summed E-state index contributed by atoms with van der Waals surface area (Å²) in [5.74, 6) is 0.945. The Hall–Kier alpha value is -1.66. The first-order valence-electron chi connectivity index (χ1n) is 8.62. The summed E-state index contributed by atoms with van der Waals surface area (Å²) in [4.78, 5) is 21.0. The molecule has 1 aromatic rings. The predicted octanol–water partition coefficient (Wildman–Crippen LogP) is 1.47. The van der Waals surface area contributed by atoms with Gasteiger partial charge in [0, 0.05) is 19.1 Å². The first kappa shape index (κ1) is 16.2. The number of nitrogens with zero attached hydrogens (tertiary/aromatic N) is 3. The number of amides is 1. The molecule has 0 saturated carbocycles. The Morgan fingerprint density at radius 1 is 1.22 bits per heavy atom. The largest absolute Gasteiger partial charge is 0.395 e. The number of carbonyl (C=O) groups excluding carboxylic acids is 1. The van der Waals surface area contributed by atoms with Crippen molar-refractivity contribution in [3.05, 3.63) is 18.3 Å². The van der Waals surface area contributed by atoms with E-state index in [-0.39, 0.29) is 18.6 Å². The summed E-state index contributed by atoms with van der Waals surface area (Å²) in [6.07, 6.45) is 7.50. The lowest BCUT2D eigenvalue weighted by molar-refractivity contribution is -0.117. The molecule has 1 aromatic heterocycles. The van der Waals surface area contributed by atoms with E-state index in [0.29, 0.717) is 6.54 Å². The Kier molecular flexibility index (Phi) is 5.46. The normalized spacial score (nSPS) is 22.3. The van der Waals surface area contributed by atoms with E-state index in [2.05, 4.69) is 15.2 Å². The molecule has 2 saturated heterocycles. The van der Waals surface area contributed by atoms with Crippen LogP contribution in [0.1, 0.15) is 32.1 Å². The van der Waals surface area contributed by atoms with E-state index in [9.17, 15) is 9.90 Å². The lowest BCUT2D eigenvalue weighted by Crippen LogP contribution is -2.38. The molecule has 0 spiro atoms. The van der Waals surface area contributed by atoms with Crippen molar-refractivity contribution in [3.8, 4) is 0 Å². The Bertz CT molecular complexity index is 514. The molecule has 2 fully saturated rings. The van der Waals surface area contributed by atoms with Crippen LogP contribution < -0.4 is 10.2 Å². The van der Waals surface area contributed by atoms with Crippen LogP contribution in [0.5, 0.6) is 0 Å². The third kappa shape index (κ3) is 4.20. The van der Waals surface area contributed by atoms with Gasteiger partial charge in [-0.15, -0.1) is 0 Å². The minimum absolute atomic E-state index is 0.0436. The number of hydrogen-bond acceptors (Lipinski definition) is 5. The molecular weight excluding hydrogens is 292 g/mol. The van der Waals surface area contributed by atoms with Crippen LogP contribution >= 0.6 is 0 Å². The van der Waals surface area contributed by atoms with Crippen LogP contribution in [-0.4, -0.2) is 59.7 Å². The van der Waals surface area contributed by atoms with Gasteiger partial charge in [-0.1, -0.05) is 0 Å². The monoisotopic (exact) mass is 318 g/mol. The molecule has 3 heterocycles. The number of pyridine rings is 1. The molecule has 0 aromatic carbocycles. The van der Waals surface area contributed by atoms with Crippen molar-refractivity contribution >= 4 is 17.4 Å². The summed E-state index contributed by atoms with van der Waals surface area (Å²) in [5.41, 5.74) is 0.732. The number of likely N-dealkylation sites (tertiary alicyclic amines) is 1. The first-order chi connectivity index (χ1) is 11.3. The van der Waals surface area contributed by atoms with Gasteiger partial charge in [0.2, 0.25) is 5.91 Å². The van der Waals surface area contributed by atoms with Crippen molar-refractivity contribution in [1.82, 2.24) is 9.88 Å². The van der Waals surface area contributed by atoms with Crippen molar-refractivity contribution in [2.45, 2.75) is 38.1 Å².